The summed E-state index contributed by atoms with van der Waals surface area (Å²) in [6.07, 6.45) is 64.4. The first kappa shape index (κ1) is 59.2. The Morgan fingerprint density at radius 1 is 0.300 bits per heavy atom. The number of unbranched alkanes of at least 4 members (excludes halogenated alkanes) is 39. The molecule has 2 heteroatoms. The van der Waals surface area contributed by atoms with Crippen LogP contribution in [0.5, 0.6) is 0 Å². The molecule has 0 fully saturated rings. The van der Waals surface area contributed by atoms with E-state index in [9.17, 15) is 4.79 Å². The van der Waals surface area contributed by atoms with E-state index in [4.69, 9.17) is 4.74 Å². The van der Waals surface area contributed by atoms with Gasteiger partial charge in [0.1, 0.15) is 0 Å². The topological polar surface area (TPSA) is 26.3 Å². The average molecular weight is 844 g/mol. The van der Waals surface area contributed by atoms with Gasteiger partial charge in [-0.1, -0.05) is 310 Å². The molecule has 1 unspecified atom stereocenters. The molecular formula is C58H114O2. The number of rotatable bonds is 51. The van der Waals surface area contributed by atoms with Crippen LogP contribution in [-0.4, -0.2) is 12.6 Å². The highest BCUT2D eigenvalue weighted by Crippen LogP contribution is 2.33. The number of ether oxygens (including phenoxy) is 1. The van der Waals surface area contributed by atoms with Crippen LogP contribution < -0.4 is 0 Å². The van der Waals surface area contributed by atoms with Gasteiger partial charge in [0.25, 0.3) is 0 Å². The number of allylic oxidation sites excluding steroid dienone is 1. The summed E-state index contributed by atoms with van der Waals surface area (Å²) in [5.41, 5.74) is 2.64. The highest BCUT2D eigenvalue weighted by Gasteiger charge is 2.25. The molecule has 358 valence electrons. The third-order valence-corrected chi connectivity index (χ3v) is 13.7. The molecule has 2 nitrogen and oxygen atoms in total. The first-order valence-corrected chi connectivity index (χ1v) is 28.5. The van der Waals surface area contributed by atoms with Crippen molar-refractivity contribution < 1.29 is 9.53 Å². The predicted molar refractivity (Wildman–Crippen MR) is 271 cm³/mol. The number of esters is 1. The van der Waals surface area contributed by atoms with Gasteiger partial charge < -0.3 is 4.74 Å². The van der Waals surface area contributed by atoms with Crippen LogP contribution in [0.15, 0.2) is 11.1 Å². The Balaban J connectivity index is 5.28. The normalized spacial score (nSPS) is 12.6. The molecule has 0 rings (SSSR count). The summed E-state index contributed by atoms with van der Waals surface area (Å²) in [6, 6.07) is 0. The quantitative estimate of drug-likeness (QED) is 0.0346. The molecule has 1 atom stereocenters. The molecule has 0 N–H and O–H groups in total. The van der Waals surface area contributed by atoms with E-state index in [0.29, 0.717) is 12.5 Å². The SMILES string of the molecule is CCCCCCCCCCCCCCCCCCOC(=O)/C(=C(/CCC)CCCCCCCCCCC)C(CCCCCCCCCC)CCCCCCCCCCCC. The summed E-state index contributed by atoms with van der Waals surface area (Å²) in [6.45, 7) is 12.2. The van der Waals surface area contributed by atoms with Crippen molar-refractivity contribution in [2.45, 2.75) is 343 Å². The fourth-order valence-electron chi connectivity index (χ4n) is 9.67. The van der Waals surface area contributed by atoms with Crippen molar-refractivity contribution in [1.29, 1.82) is 0 Å². The maximum absolute atomic E-state index is 14.4. The first-order valence-electron chi connectivity index (χ1n) is 28.5. The van der Waals surface area contributed by atoms with Crippen LogP contribution in [0.2, 0.25) is 0 Å². The zero-order valence-electron chi connectivity index (χ0n) is 42.5. The maximum atomic E-state index is 14.4. The molecule has 0 heterocycles. The van der Waals surface area contributed by atoms with E-state index in [-0.39, 0.29) is 5.97 Å². The van der Waals surface area contributed by atoms with E-state index in [1.165, 1.54) is 288 Å². The molecule has 0 saturated carbocycles. The zero-order valence-corrected chi connectivity index (χ0v) is 42.5. The van der Waals surface area contributed by atoms with E-state index in [1.54, 1.807) is 0 Å². The molecule has 0 saturated heterocycles. The maximum Gasteiger partial charge on any atom is 0.334 e. The van der Waals surface area contributed by atoms with Gasteiger partial charge in [0, 0.05) is 5.57 Å². The van der Waals surface area contributed by atoms with Gasteiger partial charge >= 0.3 is 5.97 Å². The van der Waals surface area contributed by atoms with Crippen LogP contribution in [0.4, 0.5) is 0 Å². The van der Waals surface area contributed by atoms with Gasteiger partial charge in [-0.15, -0.1) is 0 Å². The Labute approximate surface area is 380 Å². The molecule has 0 aromatic heterocycles. The lowest BCUT2D eigenvalue weighted by Crippen LogP contribution is -2.20. The average Bonchev–Trinajstić information content (AvgIpc) is 3.25. The second kappa shape index (κ2) is 50.9. The molecular weight excluding hydrogens is 729 g/mol. The third-order valence-electron chi connectivity index (χ3n) is 13.7. The molecule has 0 spiro atoms. The minimum atomic E-state index is 0.0759. The number of carbonyl (C=O) groups is 1. The van der Waals surface area contributed by atoms with Gasteiger partial charge in [-0.05, 0) is 44.4 Å². The second-order valence-electron chi connectivity index (χ2n) is 19.7. The van der Waals surface area contributed by atoms with E-state index in [2.05, 4.69) is 34.6 Å². The second-order valence-corrected chi connectivity index (χ2v) is 19.7. The van der Waals surface area contributed by atoms with Crippen LogP contribution in [0, 0.1) is 5.92 Å². The van der Waals surface area contributed by atoms with Crippen molar-refractivity contribution >= 4 is 5.97 Å². The van der Waals surface area contributed by atoms with Gasteiger partial charge in [-0.25, -0.2) is 4.79 Å². The summed E-state index contributed by atoms with van der Waals surface area (Å²) in [4.78, 5) is 14.4. The van der Waals surface area contributed by atoms with Crippen molar-refractivity contribution in [3.05, 3.63) is 11.1 Å². The molecule has 0 amide bonds. The highest BCUT2D eigenvalue weighted by molar-refractivity contribution is 5.90. The summed E-state index contributed by atoms with van der Waals surface area (Å²) < 4.78 is 6.31. The van der Waals surface area contributed by atoms with Gasteiger partial charge in [-0.3, -0.25) is 0 Å². The summed E-state index contributed by atoms with van der Waals surface area (Å²) >= 11 is 0. The Hall–Kier alpha value is -0.790. The molecule has 0 bridgehead atoms. The fourth-order valence-corrected chi connectivity index (χ4v) is 9.67. The van der Waals surface area contributed by atoms with Crippen molar-refractivity contribution in [1.82, 2.24) is 0 Å². The van der Waals surface area contributed by atoms with Crippen LogP contribution in [0.1, 0.15) is 343 Å². The molecule has 0 aromatic carbocycles. The number of hydrogen-bond acceptors (Lipinski definition) is 2. The first-order chi connectivity index (χ1) is 29.7. The Morgan fingerprint density at radius 2 is 0.567 bits per heavy atom. The Morgan fingerprint density at radius 3 is 0.867 bits per heavy atom. The van der Waals surface area contributed by atoms with Crippen molar-refractivity contribution in [3.63, 3.8) is 0 Å². The third kappa shape index (κ3) is 41.2. The lowest BCUT2D eigenvalue weighted by Gasteiger charge is -2.24. The van der Waals surface area contributed by atoms with E-state index in [0.717, 1.165) is 31.3 Å². The molecule has 0 aromatic rings. The van der Waals surface area contributed by atoms with E-state index in [1.807, 2.05) is 0 Å². The lowest BCUT2D eigenvalue weighted by molar-refractivity contribution is -0.140. The Kier molecular flexibility index (Phi) is 50.2. The highest BCUT2D eigenvalue weighted by atomic mass is 16.5. The summed E-state index contributed by atoms with van der Waals surface area (Å²) in [7, 11) is 0. The number of hydrogen-bond donors (Lipinski definition) is 0. The largest absolute Gasteiger partial charge is 0.462 e. The standard InChI is InChI=1S/C58H114O2/c1-6-11-15-19-23-27-29-30-31-32-33-34-37-41-45-49-54-60-58(59)57(55(50-10-5)51-46-42-39-35-25-21-17-13-8-3)56(52-47-43-38-26-22-18-14-9-4)53-48-44-40-36-28-24-20-16-12-7-2/h56H,6-54H2,1-5H3/b57-55-. The van der Waals surface area contributed by atoms with Gasteiger partial charge in [0.2, 0.25) is 0 Å². The number of carbonyl (C=O) groups excluding carboxylic acids is 1. The van der Waals surface area contributed by atoms with E-state index < -0.39 is 0 Å². The van der Waals surface area contributed by atoms with Crippen molar-refractivity contribution in [2.24, 2.45) is 5.92 Å². The van der Waals surface area contributed by atoms with E-state index >= 15 is 0 Å². The molecule has 0 radical (unpaired) electrons. The Bertz CT molecular complexity index is 859. The molecule has 60 heavy (non-hydrogen) atoms. The van der Waals surface area contributed by atoms with Gasteiger partial charge in [0.15, 0.2) is 0 Å². The smallest absolute Gasteiger partial charge is 0.334 e. The summed E-state index contributed by atoms with van der Waals surface area (Å²) in [5.74, 6) is 0.463. The predicted octanol–water partition coefficient (Wildman–Crippen LogP) is 21.3. The van der Waals surface area contributed by atoms with Crippen LogP contribution in [-0.2, 0) is 9.53 Å². The van der Waals surface area contributed by atoms with Crippen molar-refractivity contribution in [2.75, 3.05) is 6.61 Å². The van der Waals surface area contributed by atoms with Gasteiger partial charge in [-0.2, -0.15) is 0 Å². The lowest BCUT2D eigenvalue weighted by atomic mass is 9.82. The van der Waals surface area contributed by atoms with Crippen molar-refractivity contribution in [3.8, 4) is 0 Å². The zero-order chi connectivity index (χ0) is 43.7. The fraction of sp³-hybridized carbons (Fsp3) is 0.948. The minimum absolute atomic E-state index is 0.0759. The van der Waals surface area contributed by atoms with Crippen LogP contribution >= 0.6 is 0 Å². The molecule has 0 aliphatic carbocycles. The molecule has 0 aliphatic heterocycles. The van der Waals surface area contributed by atoms with Gasteiger partial charge in [0.05, 0.1) is 6.61 Å². The monoisotopic (exact) mass is 843 g/mol. The van der Waals surface area contributed by atoms with Crippen LogP contribution in [0.3, 0.4) is 0 Å². The minimum Gasteiger partial charge on any atom is -0.462 e. The summed E-state index contributed by atoms with van der Waals surface area (Å²) in [5, 5.41) is 0. The van der Waals surface area contributed by atoms with Crippen LogP contribution in [0.25, 0.3) is 0 Å². The molecule has 0 aliphatic rings.